The number of carbonyl (C=O) groups excluding carboxylic acids is 1. The van der Waals surface area contributed by atoms with Gasteiger partial charge in [-0.3, -0.25) is 4.79 Å². The summed E-state index contributed by atoms with van der Waals surface area (Å²) in [6, 6.07) is 3.48. The molecule has 7 heteroatoms. The number of hydrogen-bond acceptors (Lipinski definition) is 5. The number of anilines is 3. The first-order valence-corrected chi connectivity index (χ1v) is 6.66. The number of nitrogen functional groups attached to an aromatic ring is 1. The van der Waals surface area contributed by atoms with Crippen LogP contribution < -0.4 is 16.4 Å². The van der Waals surface area contributed by atoms with E-state index in [9.17, 15) is 4.79 Å². The maximum absolute atomic E-state index is 11.2. The SMILES string of the molecule is Nc1nc(NCC2CCOC2)ccc1NC(=O)CCl. The number of nitrogens with two attached hydrogens (primary N) is 1. The van der Waals surface area contributed by atoms with Crippen molar-refractivity contribution >= 4 is 34.8 Å². The summed E-state index contributed by atoms with van der Waals surface area (Å²) in [4.78, 5) is 15.4. The van der Waals surface area contributed by atoms with E-state index in [0.29, 0.717) is 17.4 Å². The fourth-order valence-corrected chi connectivity index (χ4v) is 1.92. The van der Waals surface area contributed by atoms with Gasteiger partial charge in [0.1, 0.15) is 17.5 Å². The first-order chi connectivity index (χ1) is 9.19. The Balaban J connectivity index is 1.92. The Labute approximate surface area is 116 Å². The third-order valence-corrected chi connectivity index (χ3v) is 3.16. The normalized spacial score (nSPS) is 18.3. The van der Waals surface area contributed by atoms with Gasteiger partial charge >= 0.3 is 0 Å². The number of aromatic nitrogens is 1. The topological polar surface area (TPSA) is 89.3 Å². The minimum atomic E-state index is -0.306. The van der Waals surface area contributed by atoms with E-state index in [4.69, 9.17) is 22.1 Å². The van der Waals surface area contributed by atoms with Crippen LogP contribution in [0.3, 0.4) is 0 Å². The van der Waals surface area contributed by atoms with Gasteiger partial charge in [-0.05, 0) is 18.6 Å². The molecule has 0 saturated carbocycles. The molecule has 2 heterocycles. The summed E-state index contributed by atoms with van der Waals surface area (Å²) in [5.74, 6) is 1.05. The maximum Gasteiger partial charge on any atom is 0.239 e. The monoisotopic (exact) mass is 284 g/mol. The van der Waals surface area contributed by atoms with E-state index in [1.165, 1.54) is 0 Å². The number of hydrogen-bond donors (Lipinski definition) is 3. The van der Waals surface area contributed by atoms with Crippen molar-refractivity contribution in [3.63, 3.8) is 0 Å². The first kappa shape index (κ1) is 13.9. The highest BCUT2D eigenvalue weighted by Gasteiger charge is 2.15. The summed E-state index contributed by atoms with van der Waals surface area (Å²) in [6.07, 6.45) is 1.06. The molecule has 6 nitrogen and oxygen atoms in total. The second-order valence-corrected chi connectivity index (χ2v) is 4.69. The molecule has 1 unspecified atom stereocenters. The first-order valence-electron chi connectivity index (χ1n) is 6.13. The molecule has 0 radical (unpaired) electrons. The number of nitrogens with one attached hydrogen (secondary N) is 2. The van der Waals surface area contributed by atoms with E-state index >= 15 is 0 Å². The van der Waals surface area contributed by atoms with Crippen molar-refractivity contribution < 1.29 is 9.53 Å². The number of nitrogens with zero attached hydrogens (tertiary/aromatic N) is 1. The highest BCUT2D eigenvalue weighted by atomic mass is 35.5. The number of halogens is 1. The second kappa shape index (κ2) is 6.58. The van der Waals surface area contributed by atoms with Crippen LogP contribution in [0.5, 0.6) is 0 Å². The zero-order valence-electron chi connectivity index (χ0n) is 10.5. The minimum Gasteiger partial charge on any atom is -0.382 e. The van der Waals surface area contributed by atoms with Gasteiger partial charge in [0.2, 0.25) is 5.91 Å². The molecule has 1 aromatic rings. The Bertz CT molecular complexity index is 449. The Morgan fingerprint density at radius 2 is 2.42 bits per heavy atom. The van der Waals surface area contributed by atoms with Gasteiger partial charge in [-0.2, -0.15) is 0 Å². The minimum absolute atomic E-state index is 0.110. The van der Waals surface area contributed by atoms with Crippen molar-refractivity contribution in [1.29, 1.82) is 0 Å². The number of carbonyl (C=O) groups is 1. The van der Waals surface area contributed by atoms with Gasteiger partial charge in [0.25, 0.3) is 0 Å². The van der Waals surface area contributed by atoms with Crippen LogP contribution >= 0.6 is 11.6 Å². The van der Waals surface area contributed by atoms with Gasteiger partial charge in [-0.15, -0.1) is 11.6 Å². The van der Waals surface area contributed by atoms with Crippen molar-refractivity contribution in [3.8, 4) is 0 Å². The van der Waals surface area contributed by atoms with Crippen LogP contribution in [0.25, 0.3) is 0 Å². The summed E-state index contributed by atoms with van der Waals surface area (Å²) in [5, 5.41) is 5.79. The van der Waals surface area contributed by atoms with Crippen LogP contribution in [0.4, 0.5) is 17.3 Å². The summed E-state index contributed by atoms with van der Waals surface area (Å²) in [7, 11) is 0. The van der Waals surface area contributed by atoms with Crippen molar-refractivity contribution in [2.45, 2.75) is 6.42 Å². The third kappa shape index (κ3) is 3.97. The smallest absolute Gasteiger partial charge is 0.239 e. The molecule has 1 aliphatic heterocycles. The molecular formula is C12H17ClN4O2. The van der Waals surface area contributed by atoms with E-state index in [-0.39, 0.29) is 17.6 Å². The largest absolute Gasteiger partial charge is 0.382 e. The number of ether oxygens (including phenoxy) is 1. The average Bonchev–Trinajstić information content (AvgIpc) is 2.92. The zero-order valence-corrected chi connectivity index (χ0v) is 11.2. The number of alkyl halides is 1. The molecule has 1 amide bonds. The van der Waals surface area contributed by atoms with E-state index in [1.54, 1.807) is 12.1 Å². The lowest BCUT2D eigenvalue weighted by Crippen LogP contribution is -2.17. The van der Waals surface area contributed by atoms with Crippen LogP contribution in [0.1, 0.15) is 6.42 Å². The van der Waals surface area contributed by atoms with Crippen molar-refractivity contribution in [3.05, 3.63) is 12.1 Å². The summed E-state index contributed by atoms with van der Waals surface area (Å²) in [5.41, 5.74) is 6.25. The molecule has 0 bridgehead atoms. The molecule has 19 heavy (non-hydrogen) atoms. The van der Waals surface area contributed by atoms with Crippen LogP contribution in [-0.2, 0) is 9.53 Å². The Morgan fingerprint density at radius 3 is 3.05 bits per heavy atom. The zero-order chi connectivity index (χ0) is 13.7. The summed E-state index contributed by atoms with van der Waals surface area (Å²) < 4.78 is 5.30. The molecule has 104 valence electrons. The maximum atomic E-state index is 11.2. The predicted octanol–water partition coefficient (Wildman–Crippen LogP) is 1.29. The lowest BCUT2D eigenvalue weighted by atomic mass is 10.1. The Morgan fingerprint density at radius 1 is 1.58 bits per heavy atom. The van der Waals surface area contributed by atoms with Gasteiger partial charge < -0.3 is 21.1 Å². The summed E-state index contributed by atoms with van der Waals surface area (Å²) in [6.45, 7) is 2.41. The predicted molar refractivity (Wildman–Crippen MR) is 75.4 cm³/mol. The second-order valence-electron chi connectivity index (χ2n) is 4.42. The summed E-state index contributed by atoms with van der Waals surface area (Å²) >= 11 is 5.41. The molecule has 1 fully saturated rings. The fourth-order valence-electron chi connectivity index (χ4n) is 1.86. The molecule has 1 atom stereocenters. The van der Waals surface area contributed by atoms with Gasteiger partial charge in [0, 0.05) is 19.1 Å². The Kier molecular flexibility index (Phi) is 4.81. The molecule has 0 aromatic carbocycles. The van der Waals surface area contributed by atoms with Crippen molar-refractivity contribution in [2.75, 3.05) is 42.0 Å². The van der Waals surface area contributed by atoms with E-state index in [0.717, 1.165) is 26.2 Å². The number of rotatable bonds is 5. The van der Waals surface area contributed by atoms with Crippen molar-refractivity contribution in [1.82, 2.24) is 4.98 Å². The van der Waals surface area contributed by atoms with Crippen LogP contribution in [0.2, 0.25) is 0 Å². The number of pyridine rings is 1. The molecule has 1 saturated heterocycles. The van der Waals surface area contributed by atoms with Crippen LogP contribution in [0, 0.1) is 5.92 Å². The average molecular weight is 285 g/mol. The molecule has 1 aliphatic rings. The van der Waals surface area contributed by atoms with E-state index in [1.807, 2.05) is 0 Å². The van der Waals surface area contributed by atoms with Crippen molar-refractivity contribution in [2.24, 2.45) is 5.92 Å². The Hall–Kier alpha value is -1.53. The van der Waals surface area contributed by atoms with Gasteiger partial charge in [0.15, 0.2) is 0 Å². The number of amides is 1. The molecule has 2 rings (SSSR count). The van der Waals surface area contributed by atoms with E-state index in [2.05, 4.69) is 15.6 Å². The third-order valence-electron chi connectivity index (χ3n) is 2.92. The van der Waals surface area contributed by atoms with Gasteiger partial charge in [-0.1, -0.05) is 0 Å². The molecule has 1 aromatic heterocycles. The molecule has 0 aliphatic carbocycles. The fraction of sp³-hybridized carbons (Fsp3) is 0.500. The van der Waals surface area contributed by atoms with Gasteiger partial charge in [-0.25, -0.2) is 4.98 Å². The quantitative estimate of drug-likeness (QED) is 0.709. The molecule has 0 spiro atoms. The molecule has 4 N–H and O–H groups in total. The van der Waals surface area contributed by atoms with E-state index < -0.39 is 0 Å². The van der Waals surface area contributed by atoms with Crippen LogP contribution in [0.15, 0.2) is 12.1 Å². The molecular weight excluding hydrogens is 268 g/mol. The highest BCUT2D eigenvalue weighted by Crippen LogP contribution is 2.19. The lowest BCUT2D eigenvalue weighted by Gasteiger charge is -2.12. The standard InChI is InChI=1S/C12H17ClN4O2/c13-5-11(18)16-9-1-2-10(17-12(9)14)15-6-8-3-4-19-7-8/h1-2,8H,3-7H2,(H,16,18)(H3,14,15,17). The van der Waals surface area contributed by atoms with Gasteiger partial charge in [0.05, 0.1) is 12.3 Å². The lowest BCUT2D eigenvalue weighted by molar-refractivity contribution is -0.113. The highest BCUT2D eigenvalue weighted by molar-refractivity contribution is 6.29. The van der Waals surface area contributed by atoms with Crippen LogP contribution in [-0.4, -0.2) is 36.5 Å².